The zero-order chi connectivity index (χ0) is 49.3. The zero-order valence-electron chi connectivity index (χ0n) is 46.8. The molecular weight excluding hydrogens is 835 g/mol. The second kappa shape index (κ2) is 58.9. The molecule has 0 saturated heterocycles. The standard InChI is InChI=1S/C63H127NO4/c1-3-5-7-9-11-13-15-17-19-21-23-25-27-29-30-31-32-33-34-36-38-40-42-44-46-48-50-52-54-56-58-62(67)63(68)64-60(59-65)61(66)57-55-53-51-49-47-45-43-41-39-37-35-28-26-24-22-20-18-16-14-12-10-8-6-4-2/h60-62,65-67H,3-59H2,1-2H3,(H,64,68). The van der Waals surface area contributed by atoms with E-state index in [1.807, 2.05) is 0 Å². The molecule has 0 fully saturated rings. The first-order valence-corrected chi connectivity index (χ1v) is 31.8. The summed E-state index contributed by atoms with van der Waals surface area (Å²) in [7, 11) is 0. The van der Waals surface area contributed by atoms with E-state index in [9.17, 15) is 20.1 Å². The van der Waals surface area contributed by atoms with Gasteiger partial charge in [-0.3, -0.25) is 4.79 Å². The summed E-state index contributed by atoms with van der Waals surface area (Å²) >= 11 is 0. The van der Waals surface area contributed by atoms with E-state index in [-0.39, 0.29) is 6.61 Å². The van der Waals surface area contributed by atoms with Crippen LogP contribution in [0.3, 0.4) is 0 Å². The zero-order valence-corrected chi connectivity index (χ0v) is 46.8. The molecule has 0 bridgehead atoms. The molecule has 0 rings (SSSR count). The van der Waals surface area contributed by atoms with Crippen molar-refractivity contribution in [2.75, 3.05) is 6.61 Å². The van der Waals surface area contributed by atoms with Crippen LogP contribution in [0, 0.1) is 0 Å². The topological polar surface area (TPSA) is 89.8 Å². The van der Waals surface area contributed by atoms with Gasteiger partial charge in [0.25, 0.3) is 0 Å². The van der Waals surface area contributed by atoms with Gasteiger partial charge in [-0.2, -0.15) is 0 Å². The Bertz CT molecular complexity index is 929. The van der Waals surface area contributed by atoms with Gasteiger partial charge in [0.15, 0.2) is 0 Å². The highest BCUT2D eigenvalue weighted by atomic mass is 16.3. The maximum atomic E-state index is 12.6. The van der Waals surface area contributed by atoms with Gasteiger partial charge < -0.3 is 20.6 Å². The normalized spacial score (nSPS) is 13.1. The highest BCUT2D eigenvalue weighted by molar-refractivity contribution is 5.80. The van der Waals surface area contributed by atoms with Crippen LogP contribution in [0.2, 0.25) is 0 Å². The lowest BCUT2D eigenvalue weighted by molar-refractivity contribution is -0.131. The molecule has 0 aliphatic heterocycles. The molecule has 0 heterocycles. The summed E-state index contributed by atoms with van der Waals surface area (Å²) in [5, 5.41) is 33.7. The van der Waals surface area contributed by atoms with Gasteiger partial charge >= 0.3 is 0 Å². The van der Waals surface area contributed by atoms with Crippen molar-refractivity contribution < 1.29 is 20.1 Å². The number of hydrogen-bond donors (Lipinski definition) is 4. The van der Waals surface area contributed by atoms with E-state index >= 15 is 0 Å². The third kappa shape index (κ3) is 53.2. The number of unbranched alkanes of at least 4 members (excludes halogenated alkanes) is 52. The van der Waals surface area contributed by atoms with Crippen molar-refractivity contribution in [2.24, 2.45) is 0 Å². The van der Waals surface area contributed by atoms with E-state index in [0.717, 1.165) is 32.1 Å². The average molecular weight is 963 g/mol. The van der Waals surface area contributed by atoms with Gasteiger partial charge in [-0.25, -0.2) is 0 Å². The van der Waals surface area contributed by atoms with Crippen LogP contribution < -0.4 is 5.32 Å². The van der Waals surface area contributed by atoms with Gasteiger partial charge in [0, 0.05) is 0 Å². The molecule has 0 radical (unpaired) electrons. The molecule has 3 atom stereocenters. The predicted molar refractivity (Wildman–Crippen MR) is 301 cm³/mol. The number of amides is 1. The summed E-state index contributed by atoms with van der Waals surface area (Å²) in [5.41, 5.74) is 0. The van der Waals surface area contributed by atoms with Crippen LogP contribution in [0.25, 0.3) is 0 Å². The van der Waals surface area contributed by atoms with Crippen LogP contribution in [0.4, 0.5) is 0 Å². The number of nitrogens with one attached hydrogen (secondary N) is 1. The lowest BCUT2D eigenvalue weighted by Gasteiger charge is -2.23. The first kappa shape index (κ1) is 67.3. The van der Waals surface area contributed by atoms with Crippen molar-refractivity contribution in [3.63, 3.8) is 0 Å². The molecule has 0 saturated carbocycles. The van der Waals surface area contributed by atoms with Crippen molar-refractivity contribution >= 4 is 5.91 Å². The van der Waals surface area contributed by atoms with Gasteiger partial charge in [-0.15, -0.1) is 0 Å². The largest absolute Gasteiger partial charge is 0.394 e. The highest BCUT2D eigenvalue weighted by Crippen LogP contribution is 2.19. The lowest BCUT2D eigenvalue weighted by atomic mass is 10.0. The maximum absolute atomic E-state index is 12.6. The van der Waals surface area contributed by atoms with E-state index in [1.54, 1.807) is 0 Å². The molecule has 5 heteroatoms. The quantitative estimate of drug-likeness (QED) is 0.0457. The number of aliphatic hydroxyl groups excluding tert-OH is 3. The monoisotopic (exact) mass is 962 g/mol. The Morgan fingerprint density at radius 1 is 0.294 bits per heavy atom. The van der Waals surface area contributed by atoms with E-state index in [1.165, 1.54) is 315 Å². The van der Waals surface area contributed by atoms with Crippen LogP contribution in [0.5, 0.6) is 0 Å². The number of carbonyl (C=O) groups is 1. The first-order chi connectivity index (χ1) is 33.6. The second-order valence-electron chi connectivity index (χ2n) is 22.3. The summed E-state index contributed by atoms with van der Waals surface area (Å²) in [6.45, 7) is 4.29. The molecule has 408 valence electrons. The molecule has 0 aromatic rings. The minimum Gasteiger partial charge on any atom is -0.394 e. The molecule has 0 spiro atoms. The first-order valence-electron chi connectivity index (χ1n) is 31.8. The van der Waals surface area contributed by atoms with E-state index in [4.69, 9.17) is 0 Å². The second-order valence-corrected chi connectivity index (χ2v) is 22.3. The van der Waals surface area contributed by atoms with Crippen molar-refractivity contribution in [2.45, 2.75) is 392 Å². The summed E-state index contributed by atoms with van der Waals surface area (Å²) in [6.07, 6.45) is 73.3. The van der Waals surface area contributed by atoms with Crippen molar-refractivity contribution in [3.05, 3.63) is 0 Å². The molecule has 68 heavy (non-hydrogen) atoms. The molecule has 5 nitrogen and oxygen atoms in total. The van der Waals surface area contributed by atoms with E-state index in [2.05, 4.69) is 19.2 Å². The summed E-state index contributed by atoms with van der Waals surface area (Å²) in [5.74, 6) is -0.460. The van der Waals surface area contributed by atoms with Crippen LogP contribution in [0.1, 0.15) is 373 Å². The van der Waals surface area contributed by atoms with E-state index in [0.29, 0.717) is 12.8 Å². The van der Waals surface area contributed by atoms with E-state index < -0.39 is 24.2 Å². The van der Waals surface area contributed by atoms with Crippen LogP contribution in [-0.2, 0) is 4.79 Å². The van der Waals surface area contributed by atoms with Crippen LogP contribution in [-0.4, -0.2) is 46.1 Å². The van der Waals surface area contributed by atoms with Gasteiger partial charge in [0.1, 0.15) is 6.10 Å². The van der Waals surface area contributed by atoms with Crippen molar-refractivity contribution in [3.8, 4) is 0 Å². The van der Waals surface area contributed by atoms with Gasteiger partial charge in [-0.1, -0.05) is 361 Å². The number of carbonyl (C=O) groups excluding carboxylic acids is 1. The Morgan fingerprint density at radius 3 is 0.662 bits per heavy atom. The molecule has 0 aromatic heterocycles. The Morgan fingerprint density at radius 2 is 0.471 bits per heavy atom. The fraction of sp³-hybridized carbons (Fsp3) is 0.984. The molecule has 4 N–H and O–H groups in total. The maximum Gasteiger partial charge on any atom is 0.249 e. The predicted octanol–water partition coefficient (Wildman–Crippen LogP) is 20.1. The molecule has 3 unspecified atom stereocenters. The van der Waals surface area contributed by atoms with Crippen molar-refractivity contribution in [1.29, 1.82) is 0 Å². The Hall–Kier alpha value is -0.650. The third-order valence-electron chi connectivity index (χ3n) is 15.5. The number of rotatable bonds is 60. The summed E-state index contributed by atoms with van der Waals surface area (Å²) in [4.78, 5) is 12.6. The highest BCUT2D eigenvalue weighted by Gasteiger charge is 2.23. The third-order valence-corrected chi connectivity index (χ3v) is 15.5. The average Bonchev–Trinajstić information content (AvgIpc) is 3.34. The molecular formula is C63H127NO4. The number of hydrogen-bond acceptors (Lipinski definition) is 4. The summed E-state index contributed by atoms with van der Waals surface area (Å²) < 4.78 is 0. The number of aliphatic hydroxyl groups is 3. The van der Waals surface area contributed by atoms with Gasteiger partial charge in [0.05, 0.1) is 18.8 Å². The fourth-order valence-corrected chi connectivity index (χ4v) is 10.6. The van der Waals surface area contributed by atoms with Gasteiger partial charge in [0.2, 0.25) is 5.91 Å². The minimum atomic E-state index is -1.07. The summed E-state index contributed by atoms with van der Waals surface area (Å²) in [6, 6.07) is -0.708. The van der Waals surface area contributed by atoms with Crippen LogP contribution in [0.15, 0.2) is 0 Å². The molecule has 0 aromatic carbocycles. The lowest BCUT2D eigenvalue weighted by Crippen LogP contribution is -2.49. The van der Waals surface area contributed by atoms with Crippen LogP contribution >= 0.6 is 0 Å². The van der Waals surface area contributed by atoms with Crippen molar-refractivity contribution in [1.82, 2.24) is 5.32 Å². The SMILES string of the molecule is CCCCCCCCCCCCCCCCCCCCCCCCCCCCCCCCC(O)C(=O)NC(CO)C(O)CCCCCCCCCCCCCCCCCCCCCCCCCC. The Kier molecular flexibility index (Phi) is 58.4. The Balaban J connectivity index is 3.45. The Labute approximate surface area is 427 Å². The molecule has 1 amide bonds. The smallest absolute Gasteiger partial charge is 0.249 e. The minimum absolute atomic E-state index is 0.307. The molecule has 0 aliphatic rings. The molecule has 0 aliphatic carbocycles. The van der Waals surface area contributed by atoms with Gasteiger partial charge in [-0.05, 0) is 12.8 Å². The fourth-order valence-electron chi connectivity index (χ4n) is 10.6.